The highest BCUT2D eigenvalue weighted by Gasteiger charge is 2.38. The number of aliphatic carboxylic acids is 1. The fourth-order valence-corrected chi connectivity index (χ4v) is 4.65. The monoisotopic (exact) mass is 497 g/mol. The molecule has 1 heterocycles. The summed E-state index contributed by atoms with van der Waals surface area (Å²) in [5.41, 5.74) is 4.05. The predicted octanol–water partition coefficient (Wildman–Crippen LogP) is 6.11. The van der Waals surface area contributed by atoms with Crippen LogP contribution >= 0.6 is 0 Å². The Kier molecular flexibility index (Phi) is 7.28. The summed E-state index contributed by atoms with van der Waals surface area (Å²) in [5.74, 6) is -1.33. The molecule has 0 radical (unpaired) electrons. The molecule has 188 valence electrons. The smallest absolute Gasteiger partial charge is 0.475 e. The molecule has 6 nitrogen and oxygen atoms in total. The van der Waals surface area contributed by atoms with E-state index in [0.717, 1.165) is 58.9 Å². The molecule has 0 bridgehead atoms. The standard InChI is InChI=1S/C25H25N3O.C2HF3O2/c1-16-13-14-21(20-10-3-2-9-19(16)20)25(29)26-18-8-6-7-17(15-18)24-27-22-11-4-5-12-23(22)28-24;3-2(4,5)1(6)7/h2-5,9-14,17-18H,6-8,15H2,1H3,(H,26,29)(H,27,28);(H,6,7)/t17-,18+;/m0./s1. The summed E-state index contributed by atoms with van der Waals surface area (Å²) in [6, 6.07) is 20.5. The summed E-state index contributed by atoms with van der Waals surface area (Å²) in [7, 11) is 0. The van der Waals surface area contributed by atoms with Crippen molar-refractivity contribution >= 4 is 33.7 Å². The number of alkyl halides is 3. The van der Waals surface area contributed by atoms with Gasteiger partial charge in [0.1, 0.15) is 5.82 Å². The molecule has 9 heteroatoms. The van der Waals surface area contributed by atoms with Gasteiger partial charge in [0.05, 0.1) is 11.0 Å². The first-order chi connectivity index (χ1) is 17.1. The van der Waals surface area contributed by atoms with Gasteiger partial charge in [0, 0.05) is 17.5 Å². The number of amides is 1. The van der Waals surface area contributed by atoms with Crippen LogP contribution in [0.1, 0.15) is 53.3 Å². The van der Waals surface area contributed by atoms with E-state index in [2.05, 4.69) is 29.4 Å². The zero-order valence-electron chi connectivity index (χ0n) is 19.6. The molecule has 1 aliphatic carbocycles. The highest BCUT2D eigenvalue weighted by Crippen LogP contribution is 2.33. The molecule has 0 saturated heterocycles. The number of hydrogen-bond acceptors (Lipinski definition) is 3. The number of carbonyl (C=O) groups is 2. The van der Waals surface area contributed by atoms with Crippen molar-refractivity contribution in [2.75, 3.05) is 0 Å². The summed E-state index contributed by atoms with van der Waals surface area (Å²) in [6.07, 6.45) is -0.928. The maximum atomic E-state index is 13.1. The molecule has 0 aliphatic heterocycles. The van der Waals surface area contributed by atoms with Gasteiger partial charge in [-0.15, -0.1) is 0 Å². The van der Waals surface area contributed by atoms with Crippen molar-refractivity contribution in [1.82, 2.24) is 15.3 Å². The average molecular weight is 498 g/mol. The van der Waals surface area contributed by atoms with E-state index in [1.165, 1.54) is 5.56 Å². The molecule has 1 aliphatic rings. The zero-order valence-corrected chi connectivity index (χ0v) is 19.6. The van der Waals surface area contributed by atoms with Crippen LogP contribution in [0.25, 0.3) is 21.8 Å². The van der Waals surface area contributed by atoms with Crippen LogP contribution in [-0.4, -0.2) is 39.2 Å². The Hall–Kier alpha value is -3.88. The summed E-state index contributed by atoms with van der Waals surface area (Å²) >= 11 is 0. The van der Waals surface area contributed by atoms with E-state index in [1.54, 1.807) is 0 Å². The number of carbonyl (C=O) groups excluding carboxylic acids is 1. The number of para-hydroxylation sites is 2. The van der Waals surface area contributed by atoms with Gasteiger partial charge in [0.2, 0.25) is 0 Å². The van der Waals surface area contributed by atoms with Gasteiger partial charge in [-0.25, -0.2) is 9.78 Å². The van der Waals surface area contributed by atoms with Crippen molar-refractivity contribution in [3.05, 3.63) is 77.6 Å². The van der Waals surface area contributed by atoms with E-state index in [4.69, 9.17) is 14.9 Å². The molecule has 1 aromatic heterocycles. The largest absolute Gasteiger partial charge is 0.490 e. The third-order valence-corrected chi connectivity index (χ3v) is 6.43. The highest BCUT2D eigenvalue weighted by atomic mass is 19.4. The van der Waals surface area contributed by atoms with Crippen molar-refractivity contribution in [2.45, 2.75) is 50.7 Å². The van der Waals surface area contributed by atoms with Crippen molar-refractivity contribution < 1.29 is 27.9 Å². The van der Waals surface area contributed by atoms with Crippen LogP contribution in [0.4, 0.5) is 13.2 Å². The molecule has 2 atom stereocenters. The highest BCUT2D eigenvalue weighted by molar-refractivity contribution is 6.07. The van der Waals surface area contributed by atoms with Crippen molar-refractivity contribution in [1.29, 1.82) is 0 Å². The third kappa shape index (κ3) is 5.67. The molecule has 5 rings (SSSR count). The van der Waals surface area contributed by atoms with Crippen LogP contribution in [0, 0.1) is 6.92 Å². The van der Waals surface area contributed by atoms with Gasteiger partial charge in [-0.2, -0.15) is 13.2 Å². The first-order valence-electron chi connectivity index (χ1n) is 11.7. The Labute approximate surface area is 205 Å². The maximum absolute atomic E-state index is 13.1. The topological polar surface area (TPSA) is 95.1 Å². The van der Waals surface area contributed by atoms with E-state index in [9.17, 15) is 18.0 Å². The molecule has 1 fully saturated rings. The van der Waals surface area contributed by atoms with Crippen LogP contribution in [0.5, 0.6) is 0 Å². The fraction of sp³-hybridized carbons (Fsp3) is 0.296. The summed E-state index contributed by atoms with van der Waals surface area (Å²) in [5, 5.41) is 12.6. The van der Waals surface area contributed by atoms with Crippen molar-refractivity contribution in [3.8, 4) is 0 Å². The van der Waals surface area contributed by atoms with Gasteiger partial charge in [0.25, 0.3) is 5.91 Å². The Balaban J connectivity index is 0.000000384. The number of hydrogen-bond donors (Lipinski definition) is 3. The second-order valence-corrected chi connectivity index (χ2v) is 8.95. The molecule has 0 spiro atoms. The van der Waals surface area contributed by atoms with Crippen LogP contribution < -0.4 is 5.32 Å². The number of aromatic nitrogens is 2. The fourth-order valence-electron chi connectivity index (χ4n) is 4.65. The van der Waals surface area contributed by atoms with E-state index < -0.39 is 12.1 Å². The quantitative estimate of drug-likeness (QED) is 0.318. The van der Waals surface area contributed by atoms with Crippen molar-refractivity contribution in [2.24, 2.45) is 0 Å². The van der Waals surface area contributed by atoms with Crippen LogP contribution in [0.2, 0.25) is 0 Å². The van der Waals surface area contributed by atoms with Gasteiger partial charge in [-0.3, -0.25) is 4.79 Å². The molecular formula is C27H26F3N3O3. The number of carboxylic acid groups (broad SMARTS) is 1. The lowest BCUT2D eigenvalue weighted by Crippen LogP contribution is -2.38. The molecule has 0 unspecified atom stereocenters. The summed E-state index contributed by atoms with van der Waals surface area (Å²) in [4.78, 5) is 30.3. The first-order valence-corrected chi connectivity index (χ1v) is 11.7. The molecule has 1 saturated carbocycles. The minimum absolute atomic E-state index is 0.0245. The van der Waals surface area contributed by atoms with Crippen LogP contribution in [0.15, 0.2) is 60.7 Å². The molecule has 1 amide bonds. The van der Waals surface area contributed by atoms with Gasteiger partial charge in [-0.1, -0.05) is 48.9 Å². The molecule has 36 heavy (non-hydrogen) atoms. The number of nitrogens with one attached hydrogen (secondary N) is 2. The summed E-state index contributed by atoms with van der Waals surface area (Å²) < 4.78 is 31.7. The lowest BCUT2D eigenvalue weighted by molar-refractivity contribution is -0.192. The number of aryl methyl sites for hydroxylation is 1. The van der Waals surface area contributed by atoms with E-state index in [-0.39, 0.29) is 11.9 Å². The number of benzene rings is 3. The van der Waals surface area contributed by atoms with E-state index in [0.29, 0.717) is 5.92 Å². The van der Waals surface area contributed by atoms with E-state index >= 15 is 0 Å². The number of imidazole rings is 1. The number of aromatic amines is 1. The van der Waals surface area contributed by atoms with Crippen LogP contribution in [-0.2, 0) is 4.79 Å². The summed E-state index contributed by atoms with van der Waals surface area (Å²) in [6.45, 7) is 2.09. The number of nitrogens with zero attached hydrogens (tertiary/aromatic N) is 1. The number of fused-ring (bicyclic) bond motifs is 2. The maximum Gasteiger partial charge on any atom is 0.490 e. The van der Waals surface area contributed by atoms with Gasteiger partial charge >= 0.3 is 12.1 Å². The van der Waals surface area contributed by atoms with Gasteiger partial charge < -0.3 is 15.4 Å². The Morgan fingerprint density at radius 2 is 1.67 bits per heavy atom. The normalized spacial score (nSPS) is 17.9. The second kappa shape index (κ2) is 10.4. The van der Waals surface area contributed by atoms with Gasteiger partial charge in [-0.05, 0) is 60.7 Å². The number of carboxylic acids is 1. The number of rotatable bonds is 3. The zero-order chi connectivity index (χ0) is 25.9. The SMILES string of the molecule is Cc1ccc(C(=O)N[C@@H]2CCC[C@H](c3nc4ccccc4[nH]3)C2)c2ccccc12.O=C(O)C(F)(F)F. The minimum Gasteiger partial charge on any atom is -0.475 e. The lowest BCUT2D eigenvalue weighted by Gasteiger charge is -2.29. The predicted molar refractivity (Wildman–Crippen MR) is 131 cm³/mol. The van der Waals surface area contributed by atoms with E-state index in [1.807, 2.05) is 48.5 Å². The molecular weight excluding hydrogens is 471 g/mol. The Morgan fingerprint density at radius 1 is 1.00 bits per heavy atom. The Bertz CT molecular complexity index is 1360. The first kappa shape index (κ1) is 25.2. The third-order valence-electron chi connectivity index (χ3n) is 6.43. The minimum atomic E-state index is -5.08. The molecule has 3 N–H and O–H groups in total. The molecule has 3 aromatic carbocycles. The molecule has 4 aromatic rings. The number of halogens is 3. The van der Waals surface area contributed by atoms with Crippen molar-refractivity contribution in [3.63, 3.8) is 0 Å². The Morgan fingerprint density at radius 3 is 2.36 bits per heavy atom. The van der Waals surface area contributed by atoms with Crippen LogP contribution in [0.3, 0.4) is 0 Å². The number of H-pyrrole nitrogens is 1. The van der Waals surface area contributed by atoms with Gasteiger partial charge in [0.15, 0.2) is 0 Å². The lowest BCUT2D eigenvalue weighted by atomic mass is 9.85. The average Bonchev–Trinajstić information content (AvgIpc) is 3.29. The second-order valence-electron chi connectivity index (χ2n) is 8.95.